The van der Waals surface area contributed by atoms with Crippen LogP contribution in [0.1, 0.15) is 97.8 Å². The van der Waals surface area contributed by atoms with Gasteiger partial charge in [-0.3, -0.25) is 4.79 Å². The first-order valence-electron chi connectivity index (χ1n) is 11.8. The van der Waals surface area contributed by atoms with Crippen molar-refractivity contribution in [1.82, 2.24) is 0 Å². The number of carboxylic acid groups (broad SMARTS) is 1. The van der Waals surface area contributed by atoms with E-state index in [2.05, 4.69) is 13.8 Å². The van der Waals surface area contributed by atoms with E-state index in [0.717, 1.165) is 23.7 Å². The van der Waals surface area contributed by atoms with Crippen molar-refractivity contribution in [2.45, 2.75) is 104 Å². The van der Waals surface area contributed by atoms with Crippen LogP contribution in [0.3, 0.4) is 0 Å². The van der Waals surface area contributed by atoms with E-state index in [-0.39, 0.29) is 6.42 Å². The maximum absolute atomic E-state index is 9.50. The number of fused-ring (bicyclic) bond motifs is 5. The molecule has 4 aliphatic rings. The van der Waals surface area contributed by atoms with Crippen LogP contribution in [0.15, 0.2) is 0 Å². The zero-order valence-corrected chi connectivity index (χ0v) is 18.2. The lowest BCUT2D eigenvalue weighted by Gasteiger charge is -2.60. The van der Waals surface area contributed by atoms with Gasteiger partial charge >= 0.3 is 5.97 Å². The van der Waals surface area contributed by atoms with Crippen LogP contribution in [0.4, 0.5) is 0 Å². The van der Waals surface area contributed by atoms with Gasteiger partial charge in [-0.05, 0) is 91.8 Å². The zero-order chi connectivity index (χ0) is 20.5. The quantitative estimate of drug-likeness (QED) is 0.574. The molecule has 3 N–H and O–H groups in total. The number of carboxylic acids is 1. The molecule has 0 aromatic carbocycles. The average molecular weight is 395 g/mol. The van der Waals surface area contributed by atoms with Gasteiger partial charge in [0.25, 0.3) is 0 Å². The largest absolute Gasteiger partial charge is 0.481 e. The van der Waals surface area contributed by atoms with E-state index in [4.69, 9.17) is 5.11 Å². The lowest BCUT2D eigenvalue weighted by atomic mass is 9.45. The van der Waals surface area contributed by atoms with Gasteiger partial charge in [-0.1, -0.05) is 33.6 Å². The lowest BCUT2D eigenvalue weighted by Crippen LogP contribution is -2.52. The molecule has 0 aromatic rings. The molecule has 0 saturated heterocycles. The predicted molar refractivity (Wildman–Crippen MR) is 111 cm³/mol. The van der Waals surface area contributed by atoms with Crippen molar-refractivity contribution in [2.24, 2.45) is 40.4 Å². The molecule has 0 aromatic heterocycles. The average Bonchev–Trinajstić information content (AvgIpc) is 2.97. The van der Waals surface area contributed by atoms with Gasteiger partial charge in [0.2, 0.25) is 0 Å². The Hall–Kier alpha value is -0.610. The van der Waals surface area contributed by atoms with Gasteiger partial charge in [0.15, 0.2) is 6.29 Å². The van der Waals surface area contributed by atoms with Gasteiger partial charge in [-0.2, -0.15) is 0 Å². The Balaban J connectivity index is 0.000000403. The maximum Gasteiger partial charge on any atom is 0.303 e. The third-order valence-corrected chi connectivity index (χ3v) is 9.58. The first-order chi connectivity index (χ1) is 13.2. The van der Waals surface area contributed by atoms with Crippen LogP contribution in [0.25, 0.3) is 0 Å². The van der Waals surface area contributed by atoms with Gasteiger partial charge in [0.1, 0.15) is 0 Å². The number of aliphatic carboxylic acids is 1. The molecule has 0 spiro atoms. The van der Waals surface area contributed by atoms with Crippen LogP contribution in [-0.2, 0) is 4.79 Å². The van der Waals surface area contributed by atoms with Gasteiger partial charge in [0, 0.05) is 12.8 Å². The summed E-state index contributed by atoms with van der Waals surface area (Å²) in [4.78, 5) is 9.37. The smallest absolute Gasteiger partial charge is 0.303 e. The number of carbonyl (C=O) groups is 1. The third-order valence-electron chi connectivity index (χ3n) is 9.58. The Morgan fingerprint density at radius 3 is 2.25 bits per heavy atom. The predicted octanol–water partition coefficient (Wildman–Crippen LogP) is 5.22. The second-order valence-electron chi connectivity index (χ2n) is 10.7. The minimum absolute atomic E-state index is 0.222. The molecule has 28 heavy (non-hydrogen) atoms. The molecule has 7 atom stereocenters. The van der Waals surface area contributed by atoms with Crippen molar-refractivity contribution in [3.63, 3.8) is 0 Å². The molecule has 0 amide bonds. The van der Waals surface area contributed by atoms with Crippen molar-refractivity contribution >= 4 is 5.97 Å². The fraction of sp³-hybridized carbons (Fsp3) is 0.958. The summed E-state index contributed by atoms with van der Waals surface area (Å²) in [6.45, 7) is 6.73. The number of hydrogen-bond acceptors (Lipinski definition) is 3. The van der Waals surface area contributed by atoms with Crippen LogP contribution in [0.5, 0.6) is 0 Å². The monoisotopic (exact) mass is 394 g/mol. The highest BCUT2D eigenvalue weighted by Crippen LogP contribution is 2.67. The molecule has 0 heterocycles. The summed E-state index contributed by atoms with van der Waals surface area (Å²) < 4.78 is 0. The molecule has 0 bridgehead atoms. The highest BCUT2D eigenvalue weighted by atomic mass is 16.5. The standard InChI is InChI=1S/C21H36O2.C3H6O2/c1-20-11-4-3-5-14(20)6-8-16-17-9-7-15(13-19(22)23)21(17,2)12-10-18(16)20;1-2-3(4)5/h14-19,22-23H,3-13H2,1-2H3;2H2,1H3,(H,4,5)/t14?,15-,16+,17+,18+,20+,21-;/m1./s1. The molecule has 0 radical (unpaired) electrons. The highest BCUT2D eigenvalue weighted by Gasteiger charge is 2.59. The number of aliphatic hydroxyl groups excluding tert-OH is 1. The summed E-state index contributed by atoms with van der Waals surface area (Å²) in [6, 6.07) is 0. The first-order valence-corrected chi connectivity index (χ1v) is 11.8. The van der Waals surface area contributed by atoms with Crippen molar-refractivity contribution in [2.75, 3.05) is 0 Å². The highest BCUT2D eigenvalue weighted by molar-refractivity contribution is 5.66. The van der Waals surface area contributed by atoms with E-state index in [9.17, 15) is 15.0 Å². The van der Waals surface area contributed by atoms with E-state index in [0.29, 0.717) is 23.2 Å². The Kier molecular flexibility index (Phi) is 6.81. The van der Waals surface area contributed by atoms with Gasteiger partial charge in [-0.15, -0.1) is 0 Å². The van der Waals surface area contributed by atoms with Crippen molar-refractivity contribution in [3.8, 4) is 0 Å². The minimum Gasteiger partial charge on any atom is -0.481 e. The molecular formula is C24H42O4. The summed E-state index contributed by atoms with van der Waals surface area (Å²) in [6.07, 6.45) is 13.8. The van der Waals surface area contributed by atoms with Gasteiger partial charge < -0.3 is 15.3 Å². The lowest BCUT2D eigenvalue weighted by molar-refractivity contribution is -0.136. The molecule has 4 fully saturated rings. The molecule has 4 aliphatic carbocycles. The fourth-order valence-electron chi connectivity index (χ4n) is 8.05. The van der Waals surface area contributed by atoms with Crippen LogP contribution in [0, 0.1) is 40.4 Å². The summed E-state index contributed by atoms with van der Waals surface area (Å²) in [5.74, 6) is 3.52. The molecule has 162 valence electrons. The van der Waals surface area contributed by atoms with Crippen LogP contribution in [0.2, 0.25) is 0 Å². The SMILES string of the molecule is CCC(=O)O.C[C@]12CC[C@H]3[C@@H](CCC4CCCC[C@@]43C)[C@@H]1CC[C@@H]2CC(O)O. The van der Waals surface area contributed by atoms with Gasteiger partial charge in [-0.25, -0.2) is 0 Å². The van der Waals surface area contributed by atoms with E-state index in [1.165, 1.54) is 64.2 Å². The molecule has 4 rings (SSSR count). The summed E-state index contributed by atoms with van der Waals surface area (Å²) in [5.41, 5.74) is 1.000. The first kappa shape index (κ1) is 22.1. The van der Waals surface area contributed by atoms with Crippen LogP contribution < -0.4 is 0 Å². The number of rotatable bonds is 3. The molecule has 4 heteroatoms. The topological polar surface area (TPSA) is 77.8 Å². The summed E-state index contributed by atoms with van der Waals surface area (Å²) in [7, 11) is 0. The zero-order valence-electron chi connectivity index (χ0n) is 18.2. The van der Waals surface area contributed by atoms with E-state index >= 15 is 0 Å². The van der Waals surface area contributed by atoms with E-state index < -0.39 is 12.3 Å². The van der Waals surface area contributed by atoms with Crippen LogP contribution in [-0.4, -0.2) is 27.6 Å². The molecule has 4 saturated carbocycles. The van der Waals surface area contributed by atoms with E-state index in [1.54, 1.807) is 6.92 Å². The van der Waals surface area contributed by atoms with Crippen molar-refractivity contribution in [3.05, 3.63) is 0 Å². The van der Waals surface area contributed by atoms with Crippen molar-refractivity contribution < 1.29 is 20.1 Å². The second-order valence-corrected chi connectivity index (χ2v) is 10.7. The molecule has 0 aliphatic heterocycles. The summed E-state index contributed by atoms with van der Waals surface area (Å²) in [5, 5.41) is 26.7. The third kappa shape index (κ3) is 4.01. The normalized spacial score (nSPS) is 44.7. The Morgan fingerprint density at radius 1 is 0.929 bits per heavy atom. The number of aliphatic hydroxyl groups is 2. The minimum atomic E-state index is -1.11. The molecule has 4 nitrogen and oxygen atoms in total. The Morgan fingerprint density at radius 2 is 1.61 bits per heavy atom. The Bertz CT molecular complexity index is 547. The van der Waals surface area contributed by atoms with E-state index in [1.807, 2.05) is 0 Å². The number of hydrogen-bond donors (Lipinski definition) is 3. The van der Waals surface area contributed by atoms with Gasteiger partial charge in [0.05, 0.1) is 0 Å². The molecular weight excluding hydrogens is 352 g/mol. The molecule has 1 unspecified atom stereocenters. The second kappa shape index (κ2) is 8.63. The Labute approximate surface area is 171 Å². The summed E-state index contributed by atoms with van der Waals surface area (Å²) >= 11 is 0. The van der Waals surface area contributed by atoms with Crippen molar-refractivity contribution in [1.29, 1.82) is 0 Å². The maximum atomic E-state index is 9.50. The van der Waals surface area contributed by atoms with Crippen LogP contribution >= 0.6 is 0 Å². The fourth-order valence-corrected chi connectivity index (χ4v) is 8.05.